The number of nitrogens with two attached hydrogens (primary N) is 1. The Morgan fingerprint density at radius 3 is 2.52 bits per heavy atom. The number of anilines is 1. The van der Waals surface area contributed by atoms with E-state index in [1.54, 1.807) is 29.2 Å². The van der Waals surface area contributed by atoms with Crippen LogP contribution in [0.15, 0.2) is 24.3 Å². The predicted octanol–water partition coefficient (Wildman–Crippen LogP) is 2.38. The monoisotopic (exact) mass is 290 g/mol. The van der Waals surface area contributed by atoms with Crippen LogP contribution in [0.2, 0.25) is 0 Å². The topological polar surface area (TPSA) is 83.6 Å². The molecule has 5 heteroatoms. The summed E-state index contributed by atoms with van der Waals surface area (Å²) in [5.41, 5.74) is 6.16. The SMILES string of the molecule is CCCC1(C(=O)O)CCN(C(=O)c2cccc(N)c2)CC1. The van der Waals surface area contributed by atoms with E-state index in [1.807, 2.05) is 6.92 Å². The average Bonchev–Trinajstić information content (AvgIpc) is 2.47. The Labute approximate surface area is 124 Å². The Kier molecular flexibility index (Phi) is 4.50. The van der Waals surface area contributed by atoms with Gasteiger partial charge in [0.25, 0.3) is 5.91 Å². The zero-order valence-corrected chi connectivity index (χ0v) is 12.3. The molecule has 0 atom stereocenters. The Morgan fingerprint density at radius 1 is 1.33 bits per heavy atom. The lowest BCUT2D eigenvalue weighted by Crippen LogP contribution is -2.46. The van der Waals surface area contributed by atoms with E-state index in [1.165, 1.54) is 0 Å². The highest BCUT2D eigenvalue weighted by Crippen LogP contribution is 2.36. The summed E-state index contributed by atoms with van der Waals surface area (Å²) in [4.78, 5) is 25.7. The van der Waals surface area contributed by atoms with Crippen molar-refractivity contribution >= 4 is 17.6 Å². The van der Waals surface area contributed by atoms with Gasteiger partial charge in [0.1, 0.15) is 0 Å². The molecule has 1 aromatic carbocycles. The fraction of sp³-hybridized carbons (Fsp3) is 0.500. The first-order valence-corrected chi connectivity index (χ1v) is 7.37. The molecule has 3 N–H and O–H groups in total. The van der Waals surface area contributed by atoms with Gasteiger partial charge in [-0.3, -0.25) is 9.59 Å². The standard InChI is InChI=1S/C16H22N2O3/c1-2-6-16(15(20)21)7-9-18(10-8-16)14(19)12-4-3-5-13(17)11-12/h3-5,11H,2,6-10,17H2,1H3,(H,20,21). The second-order valence-corrected chi connectivity index (χ2v) is 5.75. The zero-order chi connectivity index (χ0) is 15.5. The number of carboxylic acid groups (broad SMARTS) is 1. The van der Waals surface area contributed by atoms with Crippen LogP contribution in [-0.4, -0.2) is 35.0 Å². The molecule has 0 aromatic heterocycles. The van der Waals surface area contributed by atoms with E-state index < -0.39 is 11.4 Å². The summed E-state index contributed by atoms with van der Waals surface area (Å²) in [6.07, 6.45) is 2.55. The van der Waals surface area contributed by atoms with Crippen LogP contribution >= 0.6 is 0 Å². The van der Waals surface area contributed by atoms with Gasteiger partial charge in [0.2, 0.25) is 0 Å². The van der Waals surface area contributed by atoms with Gasteiger partial charge in [-0.15, -0.1) is 0 Å². The Hall–Kier alpha value is -2.04. The molecule has 0 unspecified atom stereocenters. The number of carboxylic acids is 1. The fourth-order valence-corrected chi connectivity index (χ4v) is 3.04. The van der Waals surface area contributed by atoms with E-state index in [2.05, 4.69) is 0 Å². The molecule has 1 heterocycles. The van der Waals surface area contributed by atoms with Gasteiger partial charge in [-0.1, -0.05) is 19.4 Å². The van der Waals surface area contributed by atoms with Crippen LogP contribution in [0.1, 0.15) is 43.0 Å². The average molecular weight is 290 g/mol. The molecule has 0 saturated carbocycles. The molecule has 1 aromatic rings. The highest BCUT2D eigenvalue weighted by atomic mass is 16.4. The van der Waals surface area contributed by atoms with E-state index in [-0.39, 0.29) is 5.91 Å². The van der Waals surface area contributed by atoms with Crippen molar-refractivity contribution in [3.05, 3.63) is 29.8 Å². The van der Waals surface area contributed by atoms with Gasteiger partial charge in [0.15, 0.2) is 0 Å². The van der Waals surface area contributed by atoms with Crippen LogP contribution in [0, 0.1) is 5.41 Å². The van der Waals surface area contributed by atoms with Crippen molar-refractivity contribution in [2.24, 2.45) is 5.41 Å². The van der Waals surface area contributed by atoms with Crippen molar-refractivity contribution in [2.75, 3.05) is 18.8 Å². The lowest BCUT2D eigenvalue weighted by atomic mass is 9.75. The summed E-state index contributed by atoms with van der Waals surface area (Å²) in [5.74, 6) is -0.807. The molecule has 21 heavy (non-hydrogen) atoms. The minimum atomic E-state index is -0.736. The molecule has 114 valence electrons. The summed E-state index contributed by atoms with van der Waals surface area (Å²) in [6.45, 7) is 2.97. The maximum Gasteiger partial charge on any atom is 0.309 e. The number of piperidine rings is 1. The van der Waals surface area contributed by atoms with Crippen LogP contribution in [0.4, 0.5) is 5.69 Å². The smallest absolute Gasteiger partial charge is 0.309 e. The minimum absolute atomic E-state index is 0.0715. The third kappa shape index (κ3) is 3.17. The summed E-state index contributed by atoms with van der Waals surface area (Å²) in [7, 11) is 0. The van der Waals surface area contributed by atoms with Gasteiger partial charge in [0.05, 0.1) is 5.41 Å². The molecule has 0 aliphatic carbocycles. The molecule has 0 bridgehead atoms. The number of hydrogen-bond donors (Lipinski definition) is 2. The number of nitrogen functional groups attached to an aromatic ring is 1. The summed E-state index contributed by atoms with van der Waals surface area (Å²) in [5, 5.41) is 9.48. The van der Waals surface area contributed by atoms with E-state index in [0.717, 1.165) is 6.42 Å². The Balaban J connectivity index is 2.06. The quantitative estimate of drug-likeness (QED) is 0.834. The van der Waals surface area contributed by atoms with Gasteiger partial charge in [0, 0.05) is 24.3 Å². The Bertz CT molecular complexity index is 534. The van der Waals surface area contributed by atoms with Crippen molar-refractivity contribution in [1.82, 2.24) is 4.90 Å². The molecule has 1 aliphatic heterocycles. The number of nitrogens with zero attached hydrogens (tertiary/aromatic N) is 1. The van der Waals surface area contributed by atoms with Crippen LogP contribution in [0.5, 0.6) is 0 Å². The number of aliphatic carboxylic acids is 1. The third-order valence-corrected chi connectivity index (χ3v) is 4.32. The summed E-state index contributed by atoms with van der Waals surface area (Å²) in [6, 6.07) is 6.89. The molecule has 1 aliphatic rings. The largest absolute Gasteiger partial charge is 0.481 e. The Morgan fingerprint density at radius 2 is 2.00 bits per heavy atom. The second-order valence-electron chi connectivity index (χ2n) is 5.75. The number of rotatable bonds is 4. The van der Waals surface area contributed by atoms with Gasteiger partial charge < -0.3 is 15.7 Å². The van der Waals surface area contributed by atoms with Gasteiger partial charge in [-0.2, -0.15) is 0 Å². The maximum atomic E-state index is 12.4. The molecule has 1 amide bonds. The van der Waals surface area contributed by atoms with Crippen molar-refractivity contribution < 1.29 is 14.7 Å². The highest BCUT2D eigenvalue weighted by Gasteiger charge is 2.41. The number of benzene rings is 1. The lowest BCUT2D eigenvalue weighted by molar-refractivity contribution is -0.152. The zero-order valence-electron chi connectivity index (χ0n) is 12.3. The first-order chi connectivity index (χ1) is 9.98. The van der Waals surface area contributed by atoms with Crippen molar-refractivity contribution in [3.8, 4) is 0 Å². The third-order valence-electron chi connectivity index (χ3n) is 4.32. The van der Waals surface area contributed by atoms with E-state index in [9.17, 15) is 14.7 Å². The first-order valence-electron chi connectivity index (χ1n) is 7.37. The maximum absolute atomic E-state index is 12.4. The number of amides is 1. The van der Waals surface area contributed by atoms with Crippen molar-refractivity contribution in [1.29, 1.82) is 0 Å². The van der Waals surface area contributed by atoms with Gasteiger partial charge >= 0.3 is 5.97 Å². The molecule has 1 fully saturated rings. The minimum Gasteiger partial charge on any atom is -0.481 e. The fourth-order valence-electron chi connectivity index (χ4n) is 3.04. The second kappa shape index (κ2) is 6.16. The van der Waals surface area contributed by atoms with Crippen molar-refractivity contribution in [3.63, 3.8) is 0 Å². The van der Waals surface area contributed by atoms with Crippen LogP contribution in [0.25, 0.3) is 0 Å². The van der Waals surface area contributed by atoms with E-state index in [4.69, 9.17) is 5.73 Å². The number of carbonyl (C=O) groups is 2. The summed E-state index contributed by atoms with van der Waals surface area (Å²) < 4.78 is 0. The molecule has 5 nitrogen and oxygen atoms in total. The highest BCUT2D eigenvalue weighted by molar-refractivity contribution is 5.95. The lowest BCUT2D eigenvalue weighted by Gasteiger charge is -2.38. The van der Waals surface area contributed by atoms with E-state index in [0.29, 0.717) is 43.6 Å². The van der Waals surface area contributed by atoms with Gasteiger partial charge in [-0.25, -0.2) is 0 Å². The molecule has 1 saturated heterocycles. The molecule has 0 radical (unpaired) electrons. The summed E-state index contributed by atoms with van der Waals surface area (Å²) >= 11 is 0. The number of hydrogen-bond acceptors (Lipinski definition) is 3. The molecule has 0 spiro atoms. The van der Waals surface area contributed by atoms with Crippen molar-refractivity contribution in [2.45, 2.75) is 32.6 Å². The first kappa shape index (κ1) is 15.4. The van der Waals surface area contributed by atoms with Crippen LogP contribution in [-0.2, 0) is 4.79 Å². The van der Waals surface area contributed by atoms with Gasteiger partial charge in [-0.05, 0) is 37.5 Å². The predicted molar refractivity (Wildman–Crippen MR) is 81.0 cm³/mol. The number of carbonyl (C=O) groups excluding carboxylic acids is 1. The molecular formula is C16H22N2O3. The van der Waals surface area contributed by atoms with Crippen LogP contribution in [0.3, 0.4) is 0 Å². The van der Waals surface area contributed by atoms with E-state index >= 15 is 0 Å². The normalized spacial score (nSPS) is 17.5. The number of likely N-dealkylation sites (tertiary alicyclic amines) is 1. The molecule has 2 rings (SSSR count). The molecular weight excluding hydrogens is 268 g/mol. The van der Waals surface area contributed by atoms with Crippen LogP contribution < -0.4 is 5.73 Å².